The van der Waals surface area contributed by atoms with E-state index in [2.05, 4.69) is 0 Å². The second-order valence-corrected chi connectivity index (χ2v) is 3.14. The van der Waals surface area contributed by atoms with Crippen LogP contribution in [0.1, 0.15) is 22.3 Å². The van der Waals surface area contributed by atoms with Crippen LogP contribution in [0.15, 0.2) is 24.3 Å². The molecular weight excluding hydrogens is 152 g/mol. The molecule has 62 valence electrons. The molecule has 0 heterocycles. The zero-order valence-corrected chi connectivity index (χ0v) is 6.66. The quantitative estimate of drug-likeness (QED) is 0.622. The van der Waals surface area contributed by atoms with Crippen molar-refractivity contribution in [3.05, 3.63) is 35.4 Å². The molecule has 1 aromatic carbocycles. The first-order valence-corrected chi connectivity index (χ1v) is 4.06. The summed E-state index contributed by atoms with van der Waals surface area (Å²) in [4.78, 5) is 11.3. The van der Waals surface area contributed by atoms with Crippen molar-refractivity contribution in [2.24, 2.45) is 0 Å². The fourth-order valence-electron chi connectivity index (χ4n) is 1.62. The number of fused-ring (bicyclic) bond motifs is 1. The largest absolute Gasteiger partial charge is 0.392 e. The van der Waals surface area contributed by atoms with Gasteiger partial charge in [0.1, 0.15) is 0 Å². The number of hydrogen-bond donors (Lipinski definition) is 1. The highest BCUT2D eigenvalue weighted by molar-refractivity contribution is 5.98. The predicted octanol–water partition coefficient (Wildman–Crippen LogP) is 1.18. The third-order valence-electron chi connectivity index (χ3n) is 2.19. The number of ketones is 1. The Labute approximate surface area is 70.8 Å². The average Bonchev–Trinajstić information content (AvgIpc) is 2.04. The van der Waals surface area contributed by atoms with Gasteiger partial charge in [0.2, 0.25) is 0 Å². The first kappa shape index (κ1) is 7.50. The molecule has 1 atom stereocenters. The molecule has 1 aliphatic carbocycles. The number of carbonyl (C=O) groups excluding carboxylic acids is 1. The number of aliphatic hydroxyl groups excluding tert-OH is 1. The summed E-state index contributed by atoms with van der Waals surface area (Å²) in [5, 5.41) is 9.31. The van der Waals surface area contributed by atoms with Gasteiger partial charge in [0, 0.05) is 12.0 Å². The van der Waals surface area contributed by atoms with Crippen LogP contribution in [0.2, 0.25) is 0 Å². The van der Waals surface area contributed by atoms with Gasteiger partial charge in [-0.2, -0.15) is 0 Å². The molecule has 1 aromatic rings. The van der Waals surface area contributed by atoms with E-state index in [-0.39, 0.29) is 12.2 Å². The van der Waals surface area contributed by atoms with Crippen molar-refractivity contribution in [1.82, 2.24) is 0 Å². The first-order valence-electron chi connectivity index (χ1n) is 4.06. The molecule has 1 N–H and O–H groups in total. The molecule has 2 heteroatoms. The van der Waals surface area contributed by atoms with Crippen molar-refractivity contribution in [3.63, 3.8) is 0 Å². The molecule has 2 rings (SSSR count). The number of Topliss-reactive ketones (excluding diaryl/α,β-unsaturated/α-hetero) is 1. The van der Waals surface area contributed by atoms with Gasteiger partial charge in [-0.05, 0) is 12.0 Å². The van der Waals surface area contributed by atoms with E-state index in [9.17, 15) is 9.90 Å². The lowest BCUT2D eigenvalue weighted by Crippen LogP contribution is -2.23. The van der Waals surface area contributed by atoms with E-state index in [1.165, 1.54) is 0 Å². The van der Waals surface area contributed by atoms with Gasteiger partial charge >= 0.3 is 0 Å². The molecule has 0 fully saturated rings. The van der Waals surface area contributed by atoms with Crippen LogP contribution in [0.3, 0.4) is 0 Å². The highest BCUT2D eigenvalue weighted by Gasteiger charge is 2.22. The Morgan fingerprint density at radius 2 is 2.00 bits per heavy atom. The molecule has 0 amide bonds. The van der Waals surface area contributed by atoms with Crippen molar-refractivity contribution >= 4 is 5.78 Å². The van der Waals surface area contributed by atoms with Crippen LogP contribution >= 0.6 is 0 Å². The predicted molar refractivity (Wildman–Crippen MR) is 45.1 cm³/mol. The Morgan fingerprint density at radius 3 is 2.83 bits per heavy atom. The summed E-state index contributed by atoms with van der Waals surface area (Å²) >= 11 is 0. The number of rotatable bonds is 0. The third-order valence-corrected chi connectivity index (χ3v) is 2.19. The summed E-state index contributed by atoms with van der Waals surface area (Å²) in [6, 6.07) is 7.47. The number of aliphatic hydroxyl groups is 1. The lowest BCUT2D eigenvalue weighted by Gasteiger charge is -2.18. The Bertz CT molecular complexity index is 317. The van der Waals surface area contributed by atoms with Crippen LogP contribution in [0.5, 0.6) is 0 Å². The van der Waals surface area contributed by atoms with Crippen LogP contribution in [0, 0.1) is 0 Å². The topological polar surface area (TPSA) is 37.3 Å². The molecule has 0 radical (unpaired) electrons. The Kier molecular flexibility index (Phi) is 1.70. The van der Waals surface area contributed by atoms with Gasteiger partial charge in [-0.25, -0.2) is 0 Å². The summed E-state index contributed by atoms with van der Waals surface area (Å²) in [5.41, 5.74) is 1.75. The molecule has 12 heavy (non-hydrogen) atoms. The summed E-state index contributed by atoms with van der Waals surface area (Å²) in [6.45, 7) is 0. The van der Waals surface area contributed by atoms with E-state index in [0.29, 0.717) is 6.42 Å². The highest BCUT2D eigenvalue weighted by Crippen LogP contribution is 2.20. The van der Waals surface area contributed by atoms with Crippen LogP contribution in [0.4, 0.5) is 0 Å². The molecule has 0 saturated heterocycles. The summed E-state index contributed by atoms with van der Waals surface area (Å²) in [7, 11) is 0. The molecule has 1 aliphatic rings. The lowest BCUT2D eigenvalue weighted by molar-refractivity contribution is 0.0853. The molecule has 0 saturated carbocycles. The SMILES string of the molecule is O=C1CC(O)Cc2ccccc21. The van der Waals surface area contributed by atoms with Crippen molar-refractivity contribution in [3.8, 4) is 0 Å². The normalized spacial score (nSPS) is 22.1. The molecule has 0 aliphatic heterocycles. The van der Waals surface area contributed by atoms with E-state index in [1.807, 2.05) is 24.3 Å². The average molecular weight is 162 g/mol. The monoisotopic (exact) mass is 162 g/mol. The Morgan fingerprint density at radius 1 is 1.25 bits per heavy atom. The molecule has 0 bridgehead atoms. The van der Waals surface area contributed by atoms with Gasteiger partial charge in [-0.3, -0.25) is 4.79 Å². The van der Waals surface area contributed by atoms with E-state index in [0.717, 1.165) is 11.1 Å². The number of hydrogen-bond acceptors (Lipinski definition) is 2. The second kappa shape index (κ2) is 2.72. The minimum atomic E-state index is -0.479. The summed E-state index contributed by atoms with van der Waals surface area (Å²) < 4.78 is 0. The van der Waals surface area contributed by atoms with Crippen molar-refractivity contribution in [1.29, 1.82) is 0 Å². The maximum Gasteiger partial charge on any atom is 0.165 e. The highest BCUT2D eigenvalue weighted by atomic mass is 16.3. The maximum absolute atomic E-state index is 11.3. The molecular formula is C10H10O2. The van der Waals surface area contributed by atoms with Crippen molar-refractivity contribution in [2.75, 3.05) is 0 Å². The van der Waals surface area contributed by atoms with Gasteiger partial charge in [-0.15, -0.1) is 0 Å². The van der Waals surface area contributed by atoms with Crippen LogP contribution in [-0.4, -0.2) is 17.0 Å². The van der Waals surface area contributed by atoms with E-state index >= 15 is 0 Å². The van der Waals surface area contributed by atoms with Crippen LogP contribution < -0.4 is 0 Å². The Hall–Kier alpha value is -1.15. The molecule has 1 unspecified atom stereocenters. The zero-order chi connectivity index (χ0) is 8.55. The standard InChI is InChI=1S/C10H10O2/c11-8-5-7-3-1-2-4-9(7)10(12)6-8/h1-4,8,11H,5-6H2. The molecule has 0 aromatic heterocycles. The lowest BCUT2D eigenvalue weighted by atomic mass is 9.89. The second-order valence-electron chi connectivity index (χ2n) is 3.14. The summed E-state index contributed by atoms with van der Waals surface area (Å²) in [6.07, 6.45) is 0.409. The maximum atomic E-state index is 11.3. The smallest absolute Gasteiger partial charge is 0.165 e. The zero-order valence-electron chi connectivity index (χ0n) is 6.66. The fourth-order valence-corrected chi connectivity index (χ4v) is 1.62. The van der Waals surface area contributed by atoms with E-state index in [4.69, 9.17) is 0 Å². The number of benzene rings is 1. The van der Waals surface area contributed by atoms with Gasteiger partial charge in [0.25, 0.3) is 0 Å². The minimum Gasteiger partial charge on any atom is -0.392 e. The van der Waals surface area contributed by atoms with Gasteiger partial charge < -0.3 is 5.11 Å². The van der Waals surface area contributed by atoms with Crippen LogP contribution in [0.25, 0.3) is 0 Å². The molecule has 0 spiro atoms. The van der Waals surface area contributed by atoms with E-state index < -0.39 is 6.10 Å². The first-order chi connectivity index (χ1) is 5.77. The third kappa shape index (κ3) is 1.14. The van der Waals surface area contributed by atoms with Crippen molar-refractivity contribution < 1.29 is 9.90 Å². The fraction of sp³-hybridized carbons (Fsp3) is 0.300. The van der Waals surface area contributed by atoms with Gasteiger partial charge in [0.15, 0.2) is 5.78 Å². The molecule has 2 nitrogen and oxygen atoms in total. The van der Waals surface area contributed by atoms with Gasteiger partial charge in [0.05, 0.1) is 6.10 Å². The summed E-state index contributed by atoms with van der Waals surface area (Å²) in [5.74, 6) is 0.0596. The van der Waals surface area contributed by atoms with Crippen LogP contribution in [-0.2, 0) is 6.42 Å². The number of carbonyl (C=O) groups is 1. The Balaban J connectivity index is 2.47. The van der Waals surface area contributed by atoms with Crippen molar-refractivity contribution in [2.45, 2.75) is 18.9 Å². The minimum absolute atomic E-state index is 0.0596. The van der Waals surface area contributed by atoms with E-state index in [1.54, 1.807) is 0 Å². The van der Waals surface area contributed by atoms with Gasteiger partial charge in [-0.1, -0.05) is 24.3 Å².